The summed E-state index contributed by atoms with van der Waals surface area (Å²) < 4.78 is 5.79. The number of hydrogen-bond acceptors (Lipinski definition) is 9. The number of hydrogen-bond donors (Lipinski definition) is 0. The smallest absolute Gasteiger partial charge is 0.314 e. The lowest BCUT2D eigenvalue weighted by Gasteiger charge is -2.37. The van der Waals surface area contributed by atoms with Crippen LogP contribution >= 0.6 is 0 Å². The Kier molecular flexibility index (Phi) is 14.4. The number of anilines is 1. The van der Waals surface area contributed by atoms with Crippen LogP contribution in [0, 0.1) is 30.6 Å². The Morgan fingerprint density at radius 2 is 1.07 bits per heavy atom. The van der Waals surface area contributed by atoms with Crippen LogP contribution in [0.5, 0.6) is 5.75 Å². The van der Waals surface area contributed by atoms with Crippen LogP contribution in [0.3, 0.4) is 0 Å². The zero-order valence-electron chi connectivity index (χ0n) is 33.1. The molecule has 0 heterocycles. The van der Waals surface area contributed by atoms with Gasteiger partial charge in [0.1, 0.15) is 5.75 Å². The van der Waals surface area contributed by atoms with Gasteiger partial charge in [0, 0.05) is 18.8 Å². The molecule has 9 heteroatoms. The quantitative estimate of drug-likeness (QED) is 0.0688. The van der Waals surface area contributed by atoms with Crippen molar-refractivity contribution >= 4 is 45.8 Å². The topological polar surface area (TPSA) is 104 Å². The van der Waals surface area contributed by atoms with Gasteiger partial charge in [0.2, 0.25) is 0 Å². The van der Waals surface area contributed by atoms with Gasteiger partial charge in [-0.05, 0) is 174 Å². The number of benzene rings is 4. The number of azo groups is 3. The summed E-state index contributed by atoms with van der Waals surface area (Å²) in [5.41, 5.74) is 6.55. The van der Waals surface area contributed by atoms with Gasteiger partial charge < -0.3 is 9.64 Å². The van der Waals surface area contributed by atoms with Gasteiger partial charge in [-0.25, -0.2) is 0 Å². The molecule has 0 atom stereocenters. The minimum absolute atomic E-state index is 0.00166. The number of esters is 1. The van der Waals surface area contributed by atoms with E-state index >= 15 is 0 Å². The summed E-state index contributed by atoms with van der Waals surface area (Å²) in [6, 6.07) is 28.5. The van der Waals surface area contributed by atoms with Crippen molar-refractivity contribution in [3.05, 3.63) is 96.6 Å². The number of carbonyl (C=O) groups is 1. The maximum atomic E-state index is 13.0. The van der Waals surface area contributed by atoms with E-state index in [1.165, 1.54) is 50.6 Å². The van der Waals surface area contributed by atoms with Gasteiger partial charge in [-0.15, -0.1) is 0 Å². The Morgan fingerprint density at radius 3 is 1.60 bits per heavy atom. The minimum atomic E-state index is -0.101. The van der Waals surface area contributed by atoms with E-state index in [-0.39, 0.29) is 11.9 Å². The average molecular weight is 740 g/mol. The molecule has 0 spiro atoms. The molecular formula is C46H57N7O2. The second kappa shape index (κ2) is 20.0. The van der Waals surface area contributed by atoms with E-state index < -0.39 is 0 Å². The Morgan fingerprint density at radius 1 is 0.600 bits per heavy atom. The van der Waals surface area contributed by atoms with Crippen molar-refractivity contribution in [3.63, 3.8) is 0 Å². The molecule has 55 heavy (non-hydrogen) atoms. The molecule has 4 aromatic carbocycles. The summed E-state index contributed by atoms with van der Waals surface area (Å²) in [7, 11) is 0. The van der Waals surface area contributed by atoms with E-state index in [1.54, 1.807) is 12.1 Å². The second-order valence-electron chi connectivity index (χ2n) is 15.2. The lowest BCUT2D eigenvalue weighted by Crippen LogP contribution is -2.30. The Bertz CT molecular complexity index is 1880. The number of nitrogens with zero attached hydrogens (tertiary/aromatic N) is 7. The first-order valence-corrected chi connectivity index (χ1v) is 20.5. The number of ether oxygens (including phenoxy) is 1. The van der Waals surface area contributed by atoms with Crippen LogP contribution in [0.4, 0.5) is 39.8 Å². The molecule has 288 valence electrons. The van der Waals surface area contributed by atoms with Crippen LogP contribution < -0.4 is 9.64 Å². The Labute approximate surface area is 327 Å². The zero-order chi connectivity index (χ0) is 38.4. The van der Waals surface area contributed by atoms with Crippen molar-refractivity contribution in [2.45, 2.75) is 98.3 Å². The van der Waals surface area contributed by atoms with E-state index in [0.717, 1.165) is 79.2 Å². The molecule has 0 bridgehead atoms. The monoisotopic (exact) mass is 739 g/mol. The number of aryl methyl sites for hydroxylation is 1. The lowest BCUT2D eigenvalue weighted by atomic mass is 9.68. The van der Waals surface area contributed by atoms with Crippen LogP contribution in [-0.4, -0.2) is 19.1 Å². The van der Waals surface area contributed by atoms with Gasteiger partial charge in [-0.2, -0.15) is 30.7 Å². The van der Waals surface area contributed by atoms with Crippen molar-refractivity contribution in [1.82, 2.24) is 0 Å². The molecule has 0 unspecified atom stereocenters. The first kappa shape index (κ1) is 39.6. The zero-order valence-corrected chi connectivity index (χ0v) is 33.1. The molecule has 0 saturated heterocycles. The van der Waals surface area contributed by atoms with Crippen LogP contribution in [0.1, 0.15) is 97.0 Å². The normalized spacial score (nSPS) is 20.4. The fourth-order valence-corrected chi connectivity index (χ4v) is 8.11. The standard InChI is InChI=1S/C46H57N7O2/c1-5-8-9-34-10-12-35(13-11-34)36-14-16-37(17-15-36)46(54)55-44-29-24-41(25-30-44)48-47-38-18-20-39(21-19-38)50-52-45-31-26-42(32-33(45)4)51-49-40-22-27-43(28-23-40)53(6-2)7-3/h18-32,34-37H,5-17H2,1-4H3. The Hall–Kier alpha value is -5.05. The predicted octanol–water partition coefficient (Wildman–Crippen LogP) is 14.8. The van der Waals surface area contributed by atoms with Crippen molar-refractivity contribution in [2.75, 3.05) is 18.0 Å². The summed E-state index contributed by atoms with van der Waals surface area (Å²) in [4.78, 5) is 15.3. The summed E-state index contributed by atoms with van der Waals surface area (Å²) in [6.07, 6.45) is 13.9. The fraction of sp³-hybridized carbons (Fsp3) is 0.457. The van der Waals surface area contributed by atoms with E-state index in [9.17, 15) is 4.79 Å². The molecule has 2 fully saturated rings. The van der Waals surface area contributed by atoms with Gasteiger partial charge >= 0.3 is 5.97 Å². The maximum Gasteiger partial charge on any atom is 0.314 e. The average Bonchev–Trinajstić information content (AvgIpc) is 3.23. The summed E-state index contributed by atoms with van der Waals surface area (Å²) in [5, 5.41) is 26.4. The van der Waals surface area contributed by atoms with Crippen molar-refractivity contribution in [2.24, 2.45) is 54.4 Å². The third-order valence-electron chi connectivity index (χ3n) is 11.5. The molecule has 2 saturated carbocycles. The predicted molar refractivity (Wildman–Crippen MR) is 223 cm³/mol. The maximum absolute atomic E-state index is 13.0. The number of carbonyl (C=O) groups excluding carboxylic acids is 1. The summed E-state index contributed by atoms with van der Waals surface area (Å²) in [5.74, 6) is 3.04. The van der Waals surface area contributed by atoms with Crippen LogP contribution in [0.15, 0.2) is 122 Å². The third kappa shape index (κ3) is 11.5. The van der Waals surface area contributed by atoms with E-state index in [1.807, 2.05) is 73.7 Å². The second-order valence-corrected chi connectivity index (χ2v) is 15.2. The molecule has 0 amide bonds. The molecule has 0 N–H and O–H groups in total. The third-order valence-corrected chi connectivity index (χ3v) is 11.5. The van der Waals surface area contributed by atoms with Crippen molar-refractivity contribution in [3.8, 4) is 5.75 Å². The molecule has 9 nitrogen and oxygen atoms in total. The first-order chi connectivity index (χ1) is 26.9. The fourth-order valence-electron chi connectivity index (χ4n) is 8.11. The highest BCUT2D eigenvalue weighted by molar-refractivity contribution is 5.75. The van der Waals surface area contributed by atoms with E-state index in [4.69, 9.17) is 4.74 Å². The SMILES string of the molecule is CCCCC1CCC(C2CCC(C(=O)Oc3ccc(N=Nc4ccc(N=Nc5ccc(N=Nc6ccc(N(CC)CC)cc6)cc5C)cc4)cc3)CC2)CC1. The summed E-state index contributed by atoms with van der Waals surface area (Å²) in [6.45, 7) is 10.5. The highest BCUT2D eigenvalue weighted by atomic mass is 16.5. The highest BCUT2D eigenvalue weighted by Gasteiger charge is 2.33. The van der Waals surface area contributed by atoms with Crippen molar-refractivity contribution in [1.29, 1.82) is 0 Å². The number of rotatable bonds is 15. The van der Waals surface area contributed by atoms with Crippen molar-refractivity contribution < 1.29 is 9.53 Å². The molecule has 0 aromatic heterocycles. The molecule has 6 rings (SSSR count). The minimum Gasteiger partial charge on any atom is -0.426 e. The van der Waals surface area contributed by atoms with Gasteiger partial charge in [0.25, 0.3) is 0 Å². The van der Waals surface area contributed by atoms with Gasteiger partial charge in [0.05, 0.1) is 40.0 Å². The largest absolute Gasteiger partial charge is 0.426 e. The van der Waals surface area contributed by atoms with Crippen LogP contribution in [0.25, 0.3) is 0 Å². The van der Waals surface area contributed by atoms with Gasteiger partial charge in [0.15, 0.2) is 0 Å². The van der Waals surface area contributed by atoms with Gasteiger partial charge in [-0.1, -0.05) is 39.0 Å². The van der Waals surface area contributed by atoms with E-state index in [2.05, 4.69) is 68.5 Å². The Balaban J connectivity index is 0.933. The van der Waals surface area contributed by atoms with Crippen LogP contribution in [-0.2, 0) is 4.79 Å². The molecule has 4 aromatic rings. The molecule has 2 aliphatic rings. The molecule has 2 aliphatic carbocycles. The summed E-state index contributed by atoms with van der Waals surface area (Å²) >= 11 is 0. The van der Waals surface area contributed by atoms with Gasteiger partial charge in [-0.3, -0.25) is 4.79 Å². The molecule has 0 radical (unpaired) electrons. The van der Waals surface area contributed by atoms with Crippen LogP contribution in [0.2, 0.25) is 0 Å². The highest BCUT2D eigenvalue weighted by Crippen LogP contribution is 2.42. The first-order valence-electron chi connectivity index (χ1n) is 20.5. The molecule has 0 aliphatic heterocycles. The van der Waals surface area contributed by atoms with E-state index in [0.29, 0.717) is 22.8 Å². The molecular weight excluding hydrogens is 683 g/mol. The lowest BCUT2D eigenvalue weighted by molar-refractivity contribution is -0.140. The number of unbranched alkanes of at least 4 members (excludes halogenated alkanes) is 1.